The van der Waals surface area contributed by atoms with Crippen LogP contribution in [-0.4, -0.2) is 40.3 Å². The SMILES string of the molecule is CCc1nccn1-c1cccc([C@H]2CCCN(S(=O)(=O)c3ccc(F)cc3)C2)n1. The maximum absolute atomic E-state index is 13.2. The van der Waals surface area contributed by atoms with Crippen molar-refractivity contribution in [1.29, 1.82) is 0 Å². The lowest BCUT2D eigenvalue weighted by molar-refractivity contribution is 0.312. The highest BCUT2D eigenvalue weighted by molar-refractivity contribution is 7.89. The predicted molar refractivity (Wildman–Crippen MR) is 108 cm³/mol. The van der Waals surface area contributed by atoms with Gasteiger partial charge in [-0.1, -0.05) is 13.0 Å². The largest absolute Gasteiger partial charge is 0.288 e. The van der Waals surface area contributed by atoms with Crippen molar-refractivity contribution in [2.24, 2.45) is 0 Å². The maximum Gasteiger partial charge on any atom is 0.243 e. The number of hydrogen-bond donors (Lipinski definition) is 0. The highest BCUT2D eigenvalue weighted by Crippen LogP contribution is 2.30. The number of aryl methyl sites for hydroxylation is 1. The number of piperidine rings is 1. The molecular formula is C21H23FN4O2S. The fourth-order valence-electron chi connectivity index (χ4n) is 3.76. The number of imidazole rings is 1. The lowest BCUT2D eigenvalue weighted by Gasteiger charge is -2.31. The van der Waals surface area contributed by atoms with Crippen molar-refractivity contribution >= 4 is 10.0 Å². The van der Waals surface area contributed by atoms with Gasteiger partial charge in [-0.3, -0.25) is 4.57 Å². The zero-order valence-corrected chi connectivity index (χ0v) is 17.0. The number of rotatable bonds is 5. The zero-order valence-electron chi connectivity index (χ0n) is 16.2. The Kier molecular flexibility index (Phi) is 5.47. The summed E-state index contributed by atoms with van der Waals surface area (Å²) >= 11 is 0. The Balaban J connectivity index is 1.59. The van der Waals surface area contributed by atoms with E-state index in [0.29, 0.717) is 13.1 Å². The fraction of sp³-hybridized carbons (Fsp3) is 0.333. The molecule has 0 radical (unpaired) electrons. The molecule has 0 spiro atoms. The van der Waals surface area contributed by atoms with Crippen LogP contribution in [0.1, 0.15) is 37.2 Å². The summed E-state index contributed by atoms with van der Waals surface area (Å²) in [5.74, 6) is 1.27. The van der Waals surface area contributed by atoms with Gasteiger partial charge in [0.25, 0.3) is 0 Å². The molecule has 1 fully saturated rings. The van der Waals surface area contributed by atoms with Crippen molar-refractivity contribution in [1.82, 2.24) is 18.8 Å². The first kappa shape index (κ1) is 19.7. The standard InChI is InChI=1S/C21H23FN4O2S/c1-2-20-23-12-14-26(20)21-7-3-6-19(24-21)16-5-4-13-25(15-16)29(27,28)18-10-8-17(22)9-11-18/h3,6-12,14,16H,2,4-5,13,15H2,1H3/t16-/m0/s1. The number of sulfonamides is 1. The number of aromatic nitrogens is 3. The minimum absolute atomic E-state index is 0.00696. The predicted octanol–water partition coefficient (Wildman–Crippen LogP) is 3.54. The van der Waals surface area contributed by atoms with E-state index in [9.17, 15) is 12.8 Å². The van der Waals surface area contributed by atoms with Crippen LogP contribution in [0.4, 0.5) is 4.39 Å². The molecule has 3 aromatic rings. The molecule has 6 nitrogen and oxygen atoms in total. The lowest BCUT2D eigenvalue weighted by Crippen LogP contribution is -2.39. The summed E-state index contributed by atoms with van der Waals surface area (Å²) in [7, 11) is -3.66. The smallest absolute Gasteiger partial charge is 0.243 e. The Hall–Kier alpha value is -2.58. The monoisotopic (exact) mass is 414 g/mol. The molecule has 2 aromatic heterocycles. The molecule has 29 heavy (non-hydrogen) atoms. The Morgan fingerprint density at radius 3 is 2.72 bits per heavy atom. The number of benzene rings is 1. The van der Waals surface area contributed by atoms with E-state index in [4.69, 9.17) is 4.98 Å². The summed E-state index contributed by atoms with van der Waals surface area (Å²) in [6.45, 7) is 2.86. The van der Waals surface area contributed by atoms with E-state index in [2.05, 4.69) is 4.98 Å². The number of pyridine rings is 1. The first-order valence-corrected chi connectivity index (χ1v) is 11.2. The summed E-state index contributed by atoms with van der Waals surface area (Å²) in [4.78, 5) is 9.26. The third-order valence-electron chi connectivity index (χ3n) is 5.29. The second-order valence-electron chi connectivity index (χ2n) is 7.14. The van der Waals surface area contributed by atoms with Crippen molar-refractivity contribution < 1.29 is 12.8 Å². The molecule has 8 heteroatoms. The van der Waals surface area contributed by atoms with Gasteiger partial charge in [-0.05, 0) is 49.2 Å². The topological polar surface area (TPSA) is 68.1 Å². The molecule has 1 aliphatic heterocycles. The van der Waals surface area contributed by atoms with Crippen LogP contribution in [0.2, 0.25) is 0 Å². The third-order valence-corrected chi connectivity index (χ3v) is 7.17. The summed E-state index contributed by atoms with van der Waals surface area (Å²) in [5.41, 5.74) is 0.872. The second-order valence-corrected chi connectivity index (χ2v) is 9.08. The highest BCUT2D eigenvalue weighted by atomic mass is 32.2. The van der Waals surface area contributed by atoms with Gasteiger partial charge in [-0.2, -0.15) is 4.31 Å². The Labute approximate surface area is 170 Å². The molecule has 3 heterocycles. The number of halogens is 1. The normalized spacial score (nSPS) is 18.1. The molecule has 0 aliphatic carbocycles. The quantitative estimate of drug-likeness (QED) is 0.640. The maximum atomic E-state index is 13.2. The van der Waals surface area contributed by atoms with Crippen LogP contribution in [0, 0.1) is 5.82 Å². The van der Waals surface area contributed by atoms with Crippen LogP contribution in [0.3, 0.4) is 0 Å². The average molecular weight is 415 g/mol. The van der Waals surface area contributed by atoms with Crippen molar-refractivity contribution in [2.45, 2.75) is 37.0 Å². The van der Waals surface area contributed by atoms with Crippen LogP contribution in [0.25, 0.3) is 5.82 Å². The summed E-state index contributed by atoms with van der Waals surface area (Å²) in [6.07, 6.45) is 6.06. The van der Waals surface area contributed by atoms with Crippen molar-refractivity contribution in [3.8, 4) is 5.82 Å². The molecule has 0 amide bonds. The molecule has 0 bridgehead atoms. The van der Waals surface area contributed by atoms with Gasteiger partial charge < -0.3 is 0 Å². The van der Waals surface area contributed by atoms with Gasteiger partial charge in [-0.15, -0.1) is 0 Å². The van der Waals surface area contributed by atoms with Gasteiger partial charge in [0, 0.05) is 43.5 Å². The van der Waals surface area contributed by atoms with E-state index in [-0.39, 0.29) is 10.8 Å². The average Bonchev–Trinajstić information content (AvgIpc) is 3.23. The van der Waals surface area contributed by atoms with Crippen LogP contribution < -0.4 is 0 Å². The van der Waals surface area contributed by atoms with Crippen LogP contribution >= 0.6 is 0 Å². The van der Waals surface area contributed by atoms with Gasteiger partial charge in [0.05, 0.1) is 4.90 Å². The molecule has 1 aromatic carbocycles. The zero-order chi connectivity index (χ0) is 20.4. The summed E-state index contributed by atoms with van der Waals surface area (Å²) in [6, 6.07) is 10.8. The van der Waals surface area contributed by atoms with Gasteiger partial charge in [0.15, 0.2) is 0 Å². The van der Waals surface area contributed by atoms with E-state index < -0.39 is 15.8 Å². The van der Waals surface area contributed by atoms with Gasteiger partial charge in [-0.25, -0.2) is 22.8 Å². The van der Waals surface area contributed by atoms with Crippen molar-refractivity contribution in [2.75, 3.05) is 13.1 Å². The first-order valence-electron chi connectivity index (χ1n) is 9.74. The van der Waals surface area contributed by atoms with Crippen molar-refractivity contribution in [3.63, 3.8) is 0 Å². The summed E-state index contributed by atoms with van der Waals surface area (Å²) in [5, 5.41) is 0. The molecule has 4 rings (SSSR count). The lowest BCUT2D eigenvalue weighted by atomic mass is 9.95. The van der Waals surface area contributed by atoms with Gasteiger partial charge >= 0.3 is 0 Å². The van der Waals surface area contributed by atoms with E-state index in [0.717, 1.165) is 36.6 Å². The van der Waals surface area contributed by atoms with Gasteiger partial charge in [0.2, 0.25) is 10.0 Å². The minimum atomic E-state index is -3.66. The molecule has 0 unspecified atom stereocenters. The van der Waals surface area contributed by atoms with Crippen LogP contribution in [0.15, 0.2) is 59.8 Å². The first-order chi connectivity index (χ1) is 14.0. The van der Waals surface area contributed by atoms with E-state index in [1.807, 2.05) is 35.9 Å². The number of nitrogens with zero attached hydrogens (tertiary/aromatic N) is 4. The van der Waals surface area contributed by atoms with E-state index in [1.54, 1.807) is 6.20 Å². The van der Waals surface area contributed by atoms with Gasteiger partial charge in [0.1, 0.15) is 17.5 Å². The highest BCUT2D eigenvalue weighted by Gasteiger charge is 2.31. The van der Waals surface area contributed by atoms with Crippen LogP contribution in [0.5, 0.6) is 0 Å². The Bertz CT molecular complexity index is 1100. The molecule has 152 valence electrons. The minimum Gasteiger partial charge on any atom is -0.288 e. The fourth-order valence-corrected chi connectivity index (χ4v) is 5.29. The Morgan fingerprint density at radius 2 is 1.97 bits per heavy atom. The second kappa shape index (κ2) is 8.04. The third kappa shape index (κ3) is 3.95. The molecule has 1 saturated heterocycles. The molecule has 0 N–H and O–H groups in total. The molecule has 1 aliphatic rings. The van der Waals surface area contributed by atoms with Crippen LogP contribution in [-0.2, 0) is 16.4 Å². The summed E-state index contributed by atoms with van der Waals surface area (Å²) < 4.78 is 42.6. The van der Waals surface area contributed by atoms with Crippen molar-refractivity contribution in [3.05, 3.63) is 72.2 Å². The number of hydrogen-bond acceptors (Lipinski definition) is 4. The molecule has 0 saturated carbocycles. The Morgan fingerprint density at radius 1 is 1.17 bits per heavy atom. The van der Waals surface area contributed by atoms with E-state index >= 15 is 0 Å². The molecule has 1 atom stereocenters. The van der Waals surface area contributed by atoms with E-state index in [1.165, 1.54) is 28.6 Å². The molecular weight excluding hydrogens is 391 g/mol.